The third-order valence-electron chi connectivity index (χ3n) is 3.19. The van der Waals surface area contributed by atoms with Crippen molar-refractivity contribution in [3.05, 3.63) is 12.2 Å². The number of hydrogen-bond acceptors (Lipinski definition) is 2. The lowest BCUT2D eigenvalue weighted by Gasteiger charge is -2.13. The van der Waals surface area contributed by atoms with Gasteiger partial charge in [0.15, 0.2) is 0 Å². The van der Waals surface area contributed by atoms with Gasteiger partial charge in [0.25, 0.3) is 0 Å². The van der Waals surface area contributed by atoms with Crippen LogP contribution < -0.4 is 0 Å². The van der Waals surface area contributed by atoms with Crippen LogP contribution in [0.1, 0.15) is 38.5 Å². The van der Waals surface area contributed by atoms with Gasteiger partial charge in [0.05, 0.1) is 6.61 Å². The Morgan fingerprint density at radius 2 is 2.29 bits per heavy atom. The molecule has 1 aliphatic carbocycles. The normalized spacial score (nSPS) is 33.6. The molecule has 14 heavy (non-hydrogen) atoms. The summed E-state index contributed by atoms with van der Waals surface area (Å²) in [5, 5.41) is 0. The van der Waals surface area contributed by atoms with Crippen molar-refractivity contribution in [3.8, 4) is 0 Å². The van der Waals surface area contributed by atoms with Crippen LogP contribution in [0.4, 0.5) is 0 Å². The fourth-order valence-electron chi connectivity index (χ4n) is 2.41. The van der Waals surface area contributed by atoms with Crippen LogP contribution >= 0.6 is 0 Å². The molecule has 2 aliphatic rings. The molecule has 2 nitrogen and oxygen atoms in total. The van der Waals surface area contributed by atoms with E-state index in [9.17, 15) is 4.79 Å². The second-order valence-corrected chi connectivity index (χ2v) is 4.46. The Labute approximate surface area is 85.3 Å². The van der Waals surface area contributed by atoms with Gasteiger partial charge in [-0.05, 0) is 31.6 Å². The molecular weight excluding hydrogens is 176 g/mol. The summed E-state index contributed by atoms with van der Waals surface area (Å²) in [5.41, 5.74) is 0. The Morgan fingerprint density at radius 3 is 3.21 bits per heavy atom. The highest BCUT2D eigenvalue weighted by atomic mass is 16.5. The molecular formula is C12H18O2. The van der Waals surface area contributed by atoms with Gasteiger partial charge < -0.3 is 4.74 Å². The maximum absolute atomic E-state index is 11.3. The summed E-state index contributed by atoms with van der Waals surface area (Å²) in [6, 6.07) is 0. The van der Waals surface area contributed by atoms with Crippen LogP contribution in [0.5, 0.6) is 0 Å². The van der Waals surface area contributed by atoms with E-state index in [0.29, 0.717) is 24.9 Å². The molecule has 0 N–H and O–H groups in total. The number of allylic oxidation sites excluding steroid dienone is 1. The number of hydrogen-bond donors (Lipinski definition) is 0. The molecule has 2 rings (SSSR count). The number of carbonyl (C=O) groups is 1. The summed E-state index contributed by atoms with van der Waals surface area (Å²) in [6.07, 6.45) is 11.2. The van der Waals surface area contributed by atoms with Crippen molar-refractivity contribution in [1.82, 2.24) is 0 Å². The minimum absolute atomic E-state index is 0.00599. The van der Waals surface area contributed by atoms with Gasteiger partial charge in [0, 0.05) is 12.3 Å². The molecule has 1 saturated heterocycles. The van der Waals surface area contributed by atoms with E-state index in [4.69, 9.17) is 4.74 Å². The second-order valence-electron chi connectivity index (χ2n) is 4.46. The Kier molecular flexibility index (Phi) is 3.22. The molecule has 0 saturated carbocycles. The van der Waals surface area contributed by atoms with Gasteiger partial charge in [-0.15, -0.1) is 0 Å². The molecule has 0 aromatic carbocycles. The smallest absolute Gasteiger partial charge is 0.306 e. The van der Waals surface area contributed by atoms with Crippen LogP contribution in [-0.2, 0) is 9.53 Å². The second kappa shape index (κ2) is 4.63. The van der Waals surface area contributed by atoms with Crippen LogP contribution in [0.3, 0.4) is 0 Å². The van der Waals surface area contributed by atoms with Crippen molar-refractivity contribution < 1.29 is 9.53 Å². The molecule has 78 valence electrons. The van der Waals surface area contributed by atoms with E-state index in [1.807, 2.05) is 0 Å². The minimum atomic E-state index is 0.00599. The van der Waals surface area contributed by atoms with Gasteiger partial charge in [0.2, 0.25) is 0 Å². The van der Waals surface area contributed by atoms with Crippen LogP contribution in [0.15, 0.2) is 12.2 Å². The molecule has 0 aromatic rings. The largest absolute Gasteiger partial charge is 0.465 e. The van der Waals surface area contributed by atoms with Gasteiger partial charge in [-0.25, -0.2) is 0 Å². The molecule has 2 unspecified atom stereocenters. The summed E-state index contributed by atoms with van der Waals surface area (Å²) in [4.78, 5) is 11.3. The number of fused-ring (bicyclic) bond motifs is 2. The Morgan fingerprint density at radius 1 is 1.36 bits per heavy atom. The van der Waals surface area contributed by atoms with E-state index >= 15 is 0 Å². The molecule has 2 atom stereocenters. The van der Waals surface area contributed by atoms with E-state index in [-0.39, 0.29) is 5.97 Å². The highest BCUT2D eigenvalue weighted by Crippen LogP contribution is 2.28. The van der Waals surface area contributed by atoms with Gasteiger partial charge in [0.1, 0.15) is 0 Å². The molecule has 1 aliphatic heterocycles. The van der Waals surface area contributed by atoms with Crippen molar-refractivity contribution in [1.29, 1.82) is 0 Å². The van der Waals surface area contributed by atoms with E-state index in [0.717, 1.165) is 6.42 Å². The third-order valence-corrected chi connectivity index (χ3v) is 3.19. The maximum Gasteiger partial charge on any atom is 0.306 e. The number of ether oxygens (including phenoxy) is 1. The molecule has 1 fully saturated rings. The summed E-state index contributed by atoms with van der Waals surface area (Å²) < 4.78 is 5.18. The first-order chi connectivity index (χ1) is 6.84. The zero-order valence-corrected chi connectivity index (χ0v) is 8.58. The monoisotopic (exact) mass is 194 g/mol. The lowest BCUT2D eigenvalue weighted by Crippen LogP contribution is -2.06. The zero-order valence-electron chi connectivity index (χ0n) is 8.58. The molecule has 2 heteroatoms. The molecule has 2 bridgehead atoms. The molecule has 0 amide bonds. The third kappa shape index (κ3) is 2.60. The maximum atomic E-state index is 11.3. The summed E-state index contributed by atoms with van der Waals surface area (Å²) in [6.45, 7) is 0.603. The van der Waals surface area contributed by atoms with Crippen LogP contribution in [-0.4, -0.2) is 12.6 Å². The lowest BCUT2D eigenvalue weighted by atomic mass is 9.90. The SMILES string of the molecule is O=C1CC2CCCCC=CC(CO1)C2. The van der Waals surface area contributed by atoms with E-state index in [1.165, 1.54) is 25.7 Å². The van der Waals surface area contributed by atoms with Crippen LogP contribution in [0.25, 0.3) is 0 Å². The lowest BCUT2D eigenvalue weighted by molar-refractivity contribution is -0.143. The number of carbonyl (C=O) groups excluding carboxylic acids is 1. The predicted molar refractivity (Wildman–Crippen MR) is 54.8 cm³/mol. The fraction of sp³-hybridized carbons (Fsp3) is 0.750. The Balaban J connectivity index is 2.05. The zero-order chi connectivity index (χ0) is 9.80. The number of rotatable bonds is 0. The van der Waals surface area contributed by atoms with Crippen molar-refractivity contribution in [2.45, 2.75) is 38.5 Å². The highest BCUT2D eigenvalue weighted by Gasteiger charge is 2.24. The van der Waals surface area contributed by atoms with E-state index in [1.54, 1.807) is 0 Å². The average Bonchev–Trinajstić information content (AvgIpc) is 2.27. The van der Waals surface area contributed by atoms with E-state index < -0.39 is 0 Å². The van der Waals surface area contributed by atoms with Crippen LogP contribution in [0.2, 0.25) is 0 Å². The van der Waals surface area contributed by atoms with Crippen molar-refractivity contribution in [3.63, 3.8) is 0 Å². The first kappa shape index (κ1) is 9.75. The Hall–Kier alpha value is -0.790. The molecule has 1 heterocycles. The van der Waals surface area contributed by atoms with Gasteiger partial charge in [-0.3, -0.25) is 4.79 Å². The quantitative estimate of drug-likeness (QED) is 0.438. The summed E-state index contributed by atoms with van der Waals surface area (Å²) >= 11 is 0. The number of cyclic esters (lactones) is 1. The predicted octanol–water partition coefficient (Wildman–Crippen LogP) is 2.69. The fourth-order valence-corrected chi connectivity index (χ4v) is 2.41. The van der Waals surface area contributed by atoms with Gasteiger partial charge >= 0.3 is 5.97 Å². The standard InChI is InChI=1S/C12H18O2/c13-12-8-10-5-3-1-2-4-6-11(7-10)9-14-12/h4,6,10-11H,1-3,5,7-9H2. The number of esters is 1. The van der Waals surface area contributed by atoms with Crippen molar-refractivity contribution in [2.24, 2.45) is 11.8 Å². The van der Waals surface area contributed by atoms with E-state index in [2.05, 4.69) is 12.2 Å². The summed E-state index contributed by atoms with van der Waals surface area (Å²) in [7, 11) is 0. The first-order valence-corrected chi connectivity index (χ1v) is 5.67. The molecule has 0 aromatic heterocycles. The highest BCUT2D eigenvalue weighted by molar-refractivity contribution is 5.69. The minimum Gasteiger partial charge on any atom is -0.465 e. The first-order valence-electron chi connectivity index (χ1n) is 5.67. The Bertz CT molecular complexity index is 232. The molecule has 0 radical (unpaired) electrons. The van der Waals surface area contributed by atoms with Crippen LogP contribution in [0, 0.1) is 11.8 Å². The topological polar surface area (TPSA) is 26.3 Å². The average molecular weight is 194 g/mol. The molecule has 0 spiro atoms. The van der Waals surface area contributed by atoms with Gasteiger partial charge in [-0.2, -0.15) is 0 Å². The van der Waals surface area contributed by atoms with Gasteiger partial charge in [-0.1, -0.05) is 18.6 Å². The van der Waals surface area contributed by atoms with Crippen molar-refractivity contribution >= 4 is 5.97 Å². The van der Waals surface area contributed by atoms with Crippen molar-refractivity contribution in [2.75, 3.05) is 6.61 Å². The summed E-state index contributed by atoms with van der Waals surface area (Å²) in [5.74, 6) is 1.05.